The molecule has 0 saturated carbocycles. The van der Waals surface area contributed by atoms with E-state index in [1.54, 1.807) is 7.11 Å². The number of benzene rings is 2. The number of rotatable bonds is 1. The molecule has 0 bridgehead atoms. The zero-order chi connectivity index (χ0) is 14.4. The van der Waals surface area contributed by atoms with Crippen molar-refractivity contribution in [3.8, 4) is 11.5 Å². The Morgan fingerprint density at radius 3 is 2.52 bits per heavy atom. The van der Waals surface area contributed by atoms with Crippen molar-refractivity contribution in [2.24, 2.45) is 0 Å². The van der Waals surface area contributed by atoms with E-state index in [4.69, 9.17) is 9.47 Å². The van der Waals surface area contributed by atoms with E-state index in [0.717, 1.165) is 29.9 Å². The van der Waals surface area contributed by atoms with Crippen molar-refractivity contribution in [1.29, 1.82) is 0 Å². The Morgan fingerprint density at radius 1 is 1.14 bits per heavy atom. The highest BCUT2D eigenvalue weighted by Gasteiger charge is 2.44. The predicted octanol–water partition coefficient (Wildman–Crippen LogP) is 3.05. The quantitative estimate of drug-likeness (QED) is 0.873. The van der Waals surface area contributed by atoms with Gasteiger partial charge in [-0.1, -0.05) is 24.3 Å². The molecule has 108 valence electrons. The largest absolute Gasteiger partial charge is 0.497 e. The highest BCUT2D eigenvalue weighted by molar-refractivity contribution is 5.46. The van der Waals surface area contributed by atoms with Crippen LogP contribution in [0, 0.1) is 0 Å². The lowest BCUT2D eigenvalue weighted by Gasteiger charge is -2.38. The molecule has 1 spiro atoms. The Morgan fingerprint density at radius 2 is 1.86 bits per heavy atom. The minimum Gasteiger partial charge on any atom is -0.497 e. The van der Waals surface area contributed by atoms with Gasteiger partial charge in [-0.25, -0.2) is 0 Å². The van der Waals surface area contributed by atoms with E-state index < -0.39 is 6.10 Å². The fourth-order valence-electron chi connectivity index (χ4n) is 3.62. The molecule has 4 rings (SSSR count). The number of fused-ring (bicyclic) bond motifs is 2. The van der Waals surface area contributed by atoms with Gasteiger partial charge >= 0.3 is 0 Å². The fraction of sp³-hybridized carbons (Fsp3) is 0.333. The molecule has 0 saturated heterocycles. The molecule has 0 amide bonds. The molecular weight excluding hydrogens is 264 g/mol. The second-order valence-electron chi connectivity index (χ2n) is 6.03. The second-order valence-corrected chi connectivity index (χ2v) is 6.03. The summed E-state index contributed by atoms with van der Waals surface area (Å²) in [5, 5.41) is 10.5. The van der Waals surface area contributed by atoms with Crippen LogP contribution in [0.3, 0.4) is 0 Å². The van der Waals surface area contributed by atoms with Crippen LogP contribution in [0.5, 0.6) is 11.5 Å². The minimum absolute atomic E-state index is 0.317. The van der Waals surface area contributed by atoms with E-state index in [9.17, 15) is 5.11 Å². The van der Waals surface area contributed by atoms with Crippen LogP contribution in [0.4, 0.5) is 0 Å². The maximum Gasteiger partial charge on any atom is 0.129 e. The van der Waals surface area contributed by atoms with Gasteiger partial charge in [0.05, 0.1) is 13.2 Å². The topological polar surface area (TPSA) is 38.7 Å². The van der Waals surface area contributed by atoms with Crippen molar-refractivity contribution in [3.05, 3.63) is 59.2 Å². The highest BCUT2D eigenvalue weighted by Crippen LogP contribution is 2.46. The molecule has 2 aromatic carbocycles. The SMILES string of the molecule is COc1ccc2c(c1)OC1(Cc3ccccc3C1)C[C@@H]2O. The molecule has 3 nitrogen and oxygen atoms in total. The van der Waals surface area contributed by atoms with Crippen LogP contribution in [0.25, 0.3) is 0 Å². The van der Waals surface area contributed by atoms with E-state index in [-0.39, 0.29) is 5.60 Å². The molecular formula is C18H18O3. The van der Waals surface area contributed by atoms with Crippen molar-refractivity contribution in [1.82, 2.24) is 0 Å². The summed E-state index contributed by atoms with van der Waals surface area (Å²) < 4.78 is 11.6. The molecule has 0 unspecified atom stereocenters. The van der Waals surface area contributed by atoms with Gasteiger partial charge in [0.2, 0.25) is 0 Å². The molecule has 21 heavy (non-hydrogen) atoms. The van der Waals surface area contributed by atoms with E-state index in [2.05, 4.69) is 24.3 Å². The molecule has 1 aliphatic carbocycles. The van der Waals surface area contributed by atoms with Crippen molar-refractivity contribution in [2.75, 3.05) is 7.11 Å². The molecule has 0 fully saturated rings. The number of ether oxygens (including phenoxy) is 2. The molecule has 1 heterocycles. The van der Waals surface area contributed by atoms with Gasteiger partial charge < -0.3 is 14.6 Å². The Bertz CT molecular complexity index is 668. The van der Waals surface area contributed by atoms with Gasteiger partial charge in [0.25, 0.3) is 0 Å². The second kappa shape index (κ2) is 4.50. The first-order valence-electron chi connectivity index (χ1n) is 7.31. The van der Waals surface area contributed by atoms with Gasteiger partial charge in [0.15, 0.2) is 0 Å². The molecule has 0 aromatic heterocycles. The number of aliphatic hydroxyl groups excluding tert-OH is 1. The predicted molar refractivity (Wildman–Crippen MR) is 79.8 cm³/mol. The Hall–Kier alpha value is -2.00. The summed E-state index contributed by atoms with van der Waals surface area (Å²) in [5.41, 5.74) is 3.20. The first-order chi connectivity index (χ1) is 10.2. The summed E-state index contributed by atoms with van der Waals surface area (Å²) in [4.78, 5) is 0. The fourth-order valence-corrected chi connectivity index (χ4v) is 3.62. The summed E-state index contributed by atoms with van der Waals surface area (Å²) in [6.45, 7) is 0. The van der Waals surface area contributed by atoms with E-state index in [1.165, 1.54) is 11.1 Å². The van der Waals surface area contributed by atoms with Gasteiger partial charge in [-0.2, -0.15) is 0 Å². The molecule has 1 aliphatic heterocycles. The van der Waals surface area contributed by atoms with E-state index in [1.807, 2.05) is 18.2 Å². The zero-order valence-electron chi connectivity index (χ0n) is 12.0. The van der Waals surface area contributed by atoms with E-state index >= 15 is 0 Å². The average Bonchev–Trinajstić information content (AvgIpc) is 2.83. The summed E-state index contributed by atoms with van der Waals surface area (Å²) in [7, 11) is 1.64. The monoisotopic (exact) mass is 282 g/mol. The summed E-state index contributed by atoms with van der Waals surface area (Å²) in [6, 6.07) is 14.1. The van der Waals surface area contributed by atoms with Gasteiger partial charge in [-0.15, -0.1) is 0 Å². The maximum atomic E-state index is 10.5. The standard InChI is InChI=1S/C18H18O3/c1-20-14-6-7-15-16(19)11-18(21-17(15)8-14)9-12-4-2-3-5-13(12)10-18/h2-8,16,19H,9-11H2,1H3/t16-/m0/s1. The lowest BCUT2D eigenvalue weighted by atomic mass is 9.86. The molecule has 0 radical (unpaired) electrons. The van der Waals surface area contributed by atoms with Crippen LogP contribution in [-0.4, -0.2) is 17.8 Å². The highest BCUT2D eigenvalue weighted by atomic mass is 16.5. The average molecular weight is 282 g/mol. The molecule has 1 atom stereocenters. The van der Waals surface area contributed by atoms with Crippen LogP contribution in [-0.2, 0) is 12.8 Å². The number of aliphatic hydroxyl groups is 1. The normalized spacial score (nSPS) is 21.5. The number of hydrogen-bond acceptors (Lipinski definition) is 3. The summed E-state index contributed by atoms with van der Waals surface area (Å²) in [5.74, 6) is 1.51. The van der Waals surface area contributed by atoms with Crippen LogP contribution in [0.2, 0.25) is 0 Å². The van der Waals surface area contributed by atoms with Crippen molar-refractivity contribution < 1.29 is 14.6 Å². The third-order valence-corrected chi connectivity index (χ3v) is 4.62. The van der Waals surface area contributed by atoms with Crippen LogP contribution in [0.15, 0.2) is 42.5 Å². The summed E-state index contributed by atoms with van der Waals surface area (Å²) >= 11 is 0. The Balaban J connectivity index is 1.72. The first-order valence-corrected chi connectivity index (χ1v) is 7.31. The molecule has 2 aromatic rings. The third-order valence-electron chi connectivity index (χ3n) is 4.62. The van der Waals surface area contributed by atoms with Gasteiger partial charge in [-0.3, -0.25) is 0 Å². The van der Waals surface area contributed by atoms with Gasteiger partial charge in [0, 0.05) is 30.9 Å². The lowest BCUT2D eigenvalue weighted by molar-refractivity contribution is -0.00720. The zero-order valence-corrected chi connectivity index (χ0v) is 12.0. The lowest BCUT2D eigenvalue weighted by Crippen LogP contribution is -2.42. The molecule has 1 N–H and O–H groups in total. The Kier molecular flexibility index (Phi) is 2.73. The number of methoxy groups -OCH3 is 1. The summed E-state index contributed by atoms with van der Waals surface area (Å²) in [6.07, 6.45) is 1.88. The maximum absolute atomic E-state index is 10.5. The number of hydrogen-bond donors (Lipinski definition) is 1. The van der Waals surface area contributed by atoms with Crippen molar-refractivity contribution >= 4 is 0 Å². The Labute approximate surface area is 124 Å². The minimum atomic E-state index is -0.478. The van der Waals surface area contributed by atoms with Gasteiger partial charge in [-0.05, 0) is 23.3 Å². The molecule has 2 aliphatic rings. The third kappa shape index (κ3) is 2.00. The van der Waals surface area contributed by atoms with E-state index in [0.29, 0.717) is 6.42 Å². The smallest absolute Gasteiger partial charge is 0.129 e. The van der Waals surface area contributed by atoms with Crippen LogP contribution in [0.1, 0.15) is 29.2 Å². The van der Waals surface area contributed by atoms with Crippen LogP contribution >= 0.6 is 0 Å². The van der Waals surface area contributed by atoms with Crippen molar-refractivity contribution in [2.45, 2.75) is 31.0 Å². The van der Waals surface area contributed by atoms with Crippen LogP contribution < -0.4 is 9.47 Å². The first kappa shape index (κ1) is 12.7. The molecule has 3 heteroatoms. The van der Waals surface area contributed by atoms with Crippen molar-refractivity contribution in [3.63, 3.8) is 0 Å². The van der Waals surface area contributed by atoms with Gasteiger partial charge in [0.1, 0.15) is 17.1 Å².